The third kappa shape index (κ3) is 4.03. The van der Waals surface area contributed by atoms with Crippen LogP contribution in [-0.4, -0.2) is 33.6 Å². The first-order chi connectivity index (χ1) is 9.97. The SMILES string of the molecule is CCC(CC)N(CCBr)C(=O)c1cccc(C)c1[N+](=O)[O-]. The van der Waals surface area contributed by atoms with Gasteiger partial charge in [0.2, 0.25) is 0 Å². The van der Waals surface area contributed by atoms with Crippen LogP contribution in [0.4, 0.5) is 5.69 Å². The molecule has 0 heterocycles. The van der Waals surface area contributed by atoms with Crippen LogP contribution in [-0.2, 0) is 0 Å². The Morgan fingerprint density at radius 3 is 2.48 bits per heavy atom. The van der Waals surface area contributed by atoms with Crippen LogP contribution in [0.5, 0.6) is 0 Å². The molecule has 0 aliphatic rings. The zero-order chi connectivity index (χ0) is 16.0. The maximum absolute atomic E-state index is 12.8. The van der Waals surface area contributed by atoms with Gasteiger partial charge in [0.1, 0.15) is 5.56 Å². The first-order valence-electron chi connectivity index (χ1n) is 7.08. The Morgan fingerprint density at radius 1 is 1.38 bits per heavy atom. The summed E-state index contributed by atoms with van der Waals surface area (Å²) in [5.41, 5.74) is 0.593. The van der Waals surface area contributed by atoms with Gasteiger partial charge in [-0.15, -0.1) is 0 Å². The lowest BCUT2D eigenvalue weighted by atomic mass is 10.0. The van der Waals surface area contributed by atoms with Crippen LogP contribution in [0.3, 0.4) is 0 Å². The highest BCUT2D eigenvalue weighted by atomic mass is 79.9. The maximum Gasteiger partial charge on any atom is 0.285 e. The number of hydrogen-bond donors (Lipinski definition) is 0. The lowest BCUT2D eigenvalue weighted by molar-refractivity contribution is -0.385. The van der Waals surface area contributed by atoms with E-state index in [0.29, 0.717) is 17.4 Å². The van der Waals surface area contributed by atoms with Crippen LogP contribution in [0.25, 0.3) is 0 Å². The van der Waals surface area contributed by atoms with Gasteiger partial charge < -0.3 is 4.90 Å². The second-order valence-electron chi connectivity index (χ2n) is 4.89. The van der Waals surface area contributed by atoms with Crippen LogP contribution < -0.4 is 0 Å². The molecule has 6 heteroatoms. The second-order valence-corrected chi connectivity index (χ2v) is 5.68. The summed E-state index contributed by atoms with van der Waals surface area (Å²) in [4.78, 5) is 25.3. The molecule has 0 aromatic heterocycles. The third-order valence-electron chi connectivity index (χ3n) is 3.62. The van der Waals surface area contributed by atoms with E-state index in [1.165, 1.54) is 6.07 Å². The third-order valence-corrected chi connectivity index (χ3v) is 3.97. The summed E-state index contributed by atoms with van der Waals surface area (Å²) in [6.07, 6.45) is 1.66. The number of halogens is 1. The first-order valence-corrected chi connectivity index (χ1v) is 8.20. The molecule has 5 nitrogen and oxygen atoms in total. The predicted molar refractivity (Wildman–Crippen MR) is 87.0 cm³/mol. The Kier molecular flexibility index (Phi) is 6.81. The number of benzene rings is 1. The molecule has 0 saturated heterocycles. The number of carbonyl (C=O) groups is 1. The fourth-order valence-corrected chi connectivity index (χ4v) is 2.88. The molecule has 0 unspecified atom stereocenters. The van der Waals surface area contributed by atoms with E-state index in [0.717, 1.165) is 12.8 Å². The van der Waals surface area contributed by atoms with Crippen molar-refractivity contribution in [2.24, 2.45) is 0 Å². The highest BCUT2D eigenvalue weighted by Gasteiger charge is 2.28. The van der Waals surface area contributed by atoms with Crippen molar-refractivity contribution >= 4 is 27.5 Å². The van der Waals surface area contributed by atoms with E-state index in [-0.39, 0.29) is 23.2 Å². The number of alkyl halides is 1. The average Bonchev–Trinajstić information content (AvgIpc) is 2.46. The van der Waals surface area contributed by atoms with E-state index < -0.39 is 4.92 Å². The van der Waals surface area contributed by atoms with Crippen molar-refractivity contribution < 1.29 is 9.72 Å². The molecule has 0 aliphatic heterocycles. The van der Waals surface area contributed by atoms with E-state index in [9.17, 15) is 14.9 Å². The molecule has 0 aliphatic carbocycles. The Bertz CT molecular complexity index is 516. The summed E-state index contributed by atoms with van der Waals surface area (Å²) >= 11 is 3.35. The molecule has 1 rings (SSSR count). The standard InChI is InChI=1S/C15H21BrN2O3/c1-4-12(5-2)17(10-9-16)15(19)13-8-6-7-11(3)14(13)18(20)21/h6-8,12H,4-5,9-10H2,1-3H3. The summed E-state index contributed by atoms with van der Waals surface area (Å²) in [6.45, 7) is 6.23. The highest BCUT2D eigenvalue weighted by Crippen LogP contribution is 2.26. The fourth-order valence-electron chi connectivity index (χ4n) is 2.50. The summed E-state index contributed by atoms with van der Waals surface area (Å²) < 4.78 is 0. The van der Waals surface area contributed by atoms with Gasteiger partial charge in [-0.25, -0.2) is 0 Å². The van der Waals surface area contributed by atoms with Crippen LogP contribution in [0, 0.1) is 17.0 Å². The highest BCUT2D eigenvalue weighted by molar-refractivity contribution is 9.09. The number of para-hydroxylation sites is 1. The molecule has 0 atom stereocenters. The molecule has 0 bridgehead atoms. The maximum atomic E-state index is 12.8. The van der Waals surface area contributed by atoms with Crippen molar-refractivity contribution in [3.05, 3.63) is 39.4 Å². The summed E-state index contributed by atoms with van der Waals surface area (Å²) in [7, 11) is 0. The number of nitro benzene ring substituents is 1. The van der Waals surface area contributed by atoms with Crippen molar-refractivity contribution in [1.82, 2.24) is 4.90 Å². The van der Waals surface area contributed by atoms with Gasteiger partial charge in [0.05, 0.1) is 4.92 Å². The van der Waals surface area contributed by atoms with Gasteiger partial charge in [0.25, 0.3) is 11.6 Å². The molecule has 1 aromatic rings. The molecule has 0 fully saturated rings. The number of aryl methyl sites for hydroxylation is 1. The summed E-state index contributed by atoms with van der Waals surface area (Å²) in [5.74, 6) is -0.265. The van der Waals surface area contributed by atoms with Gasteiger partial charge in [0.15, 0.2) is 0 Å². The van der Waals surface area contributed by atoms with E-state index in [1.54, 1.807) is 24.0 Å². The van der Waals surface area contributed by atoms with Crippen molar-refractivity contribution in [2.75, 3.05) is 11.9 Å². The summed E-state index contributed by atoms with van der Waals surface area (Å²) in [5, 5.41) is 11.9. The first kappa shape index (κ1) is 17.6. The van der Waals surface area contributed by atoms with Gasteiger partial charge in [-0.05, 0) is 25.8 Å². The van der Waals surface area contributed by atoms with Crippen molar-refractivity contribution in [2.45, 2.75) is 39.7 Å². The minimum Gasteiger partial charge on any atom is -0.335 e. The molecular weight excluding hydrogens is 336 g/mol. The zero-order valence-corrected chi connectivity index (χ0v) is 14.2. The van der Waals surface area contributed by atoms with E-state index in [2.05, 4.69) is 15.9 Å². The molecular formula is C15H21BrN2O3. The van der Waals surface area contributed by atoms with E-state index >= 15 is 0 Å². The van der Waals surface area contributed by atoms with Gasteiger partial charge in [-0.3, -0.25) is 14.9 Å². The molecule has 21 heavy (non-hydrogen) atoms. The fraction of sp³-hybridized carbons (Fsp3) is 0.533. The second kappa shape index (κ2) is 8.12. The van der Waals surface area contributed by atoms with E-state index in [4.69, 9.17) is 0 Å². The van der Waals surface area contributed by atoms with Gasteiger partial charge in [-0.1, -0.05) is 41.9 Å². The predicted octanol–water partition coefficient (Wildman–Crippen LogP) is 3.93. The monoisotopic (exact) mass is 356 g/mol. The van der Waals surface area contributed by atoms with Gasteiger partial charge in [0, 0.05) is 23.5 Å². The van der Waals surface area contributed by atoms with Gasteiger partial charge >= 0.3 is 0 Å². The van der Waals surface area contributed by atoms with Gasteiger partial charge in [-0.2, -0.15) is 0 Å². The smallest absolute Gasteiger partial charge is 0.285 e. The van der Waals surface area contributed by atoms with Crippen LogP contribution >= 0.6 is 15.9 Å². The number of nitrogens with zero attached hydrogens (tertiary/aromatic N) is 2. The van der Waals surface area contributed by atoms with Crippen LogP contribution in [0.15, 0.2) is 18.2 Å². The lowest BCUT2D eigenvalue weighted by Crippen LogP contribution is -2.41. The van der Waals surface area contributed by atoms with Crippen LogP contribution in [0.1, 0.15) is 42.6 Å². The molecule has 1 aromatic carbocycles. The Labute approximate surface area is 133 Å². The number of amides is 1. The molecule has 116 valence electrons. The Balaban J connectivity index is 3.27. The van der Waals surface area contributed by atoms with Crippen molar-refractivity contribution in [3.63, 3.8) is 0 Å². The minimum atomic E-state index is -0.470. The Hall–Kier alpha value is -1.43. The molecule has 0 spiro atoms. The quantitative estimate of drug-likeness (QED) is 0.422. The minimum absolute atomic E-state index is 0.0898. The number of carbonyl (C=O) groups excluding carboxylic acids is 1. The topological polar surface area (TPSA) is 63.5 Å². The lowest BCUT2D eigenvalue weighted by Gasteiger charge is -2.30. The van der Waals surface area contributed by atoms with Crippen molar-refractivity contribution in [1.29, 1.82) is 0 Å². The number of hydrogen-bond acceptors (Lipinski definition) is 3. The number of nitro groups is 1. The normalized spacial score (nSPS) is 10.7. The molecule has 0 saturated carbocycles. The Morgan fingerprint density at radius 2 is 2.00 bits per heavy atom. The molecule has 1 amide bonds. The summed E-state index contributed by atoms with van der Waals surface area (Å²) in [6, 6.07) is 4.97. The molecule has 0 radical (unpaired) electrons. The number of rotatable bonds is 7. The largest absolute Gasteiger partial charge is 0.335 e. The molecule has 0 N–H and O–H groups in total. The van der Waals surface area contributed by atoms with E-state index in [1.807, 2.05) is 13.8 Å². The van der Waals surface area contributed by atoms with Crippen LogP contribution in [0.2, 0.25) is 0 Å². The van der Waals surface area contributed by atoms with Crippen molar-refractivity contribution in [3.8, 4) is 0 Å². The average molecular weight is 357 g/mol. The zero-order valence-electron chi connectivity index (χ0n) is 12.6.